The quantitative estimate of drug-likeness (QED) is 0.429. The van der Waals surface area contributed by atoms with E-state index < -0.39 is 17.9 Å². The van der Waals surface area contributed by atoms with Crippen molar-refractivity contribution in [1.82, 2.24) is 5.32 Å². The molecule has 1 rings (SSSR count). The first kappa shape index (κ1) is 7.67. The van der Waals surface area contributed by atoms with Gasteiger partial charge in [0.2, 0.25) is 12.1 Å². The zero-order chi connectivity index (χ0) is 8.43. The Bertz CT molecular complexity index is 235. The second-order valence-corrected chi connectivity index (χ2v) is 1.94. The van der Waals surface area contributed by atoms with Gasteiger partial charge in [-0.1, -0.05) is 0 Å². The number of carbonyl (C=O) groups is 2. The van der Waals surface area contributed by atoms with E-state index in [1.54, 1.807) is 0 Å². The van der Waals surface area contributed by atoms with Gasteiger partial charge in [-0.25, -0.2) is 0 Å². The normalized spacial score (nSPS) is 24.5. The topological polar surface area (TPSA) is 93.8 Å². The van der Waals surface area contributed by atoms with Crippen molar-refractivity contribution >= 4 is 17.8 Å². The maximum Gasteiger partial charge on any atom is 0.287 e. The maximum absolute atomic E-state index is 10.8. The average Bonchev–Trinajstić information content (AvgIpc) is 1.85. The highest BCUT2D eigenvalue weighted by Gasteiger charge is 2.30. The van der Waals surface area contributed by atoms with Gasteiger partial charge in [-0.15, -0.1) is 0 Å². The van der Waals surface area contributed by atoms with Gasteiger partial charge in [-0.2, -0.15) is 4.99 Å². The zero-order valence-electron chi connectivity index (χ0n) is 5.83. The minimum atomic E-state index is -1.15. The highest BCUT2D eigenvalue weighted by Crippen LogP contribution is 1.97. The highest BCUT2D eigenvalue weighted by atomic mass is 16.5. The standard InChI is InChI=1S/C5H7N3O3/c1-11-2-3(9)7-5(6)8-4(2)10/h2H,1H3,(H3,6,7,8,9,10). The van der Waals surface area contributed by atoms with Crippen molar-refractivity contribution in [2.24, 2.45) is 10.7 Å². The van der Waals surface area contributed by atoms with Gasteiger partial charge in [0.15, 0.2) is 0 Å². The Hall–Kier alpha value is -1.43. The molecule has 1 aliphatic rings. The monoisotopic (exact) mass is 157 g/mol. The lowest BCUT2D eigenvalue weighted by Gasteiger charge is -2.15. The number of amides is 2. The van der Waals surface area contributed by atoms with E-state index in [4.69, 9.17) is 5.73 Å². The Morgan fingerprint density at radius 3 is 2.73 bits per heavy atom. The van der Waals surface area contributed by atoms with Crippen LogP contribution in [-0.2, 0) is 14.3 Å². The van der Waals surface area contributed by atoms with Crippen LogP contribution in [0.15, 0.2) is 4.99 Å². The molecule has 0 fully saturated rings. The Kier molecular flexibility index (Phi) is 1.86. The second kappa shape index (κ2) is 2.67. The van der Waals surface area contributed by atoms with Crippen LogP contribution in [0, 0.1) is 0 Å². The summed E-state index contributed by atoms with van der Waals surface area (Å²) < 4.78 is 4.54. The van der Waals surface area contributed by atoms with E-state index >= 15 is 0 Å². The summed E-state index contributed by atoms with van der Waals surface area (Å²) in [5.41, 5.74) is 5.07. The van der Waals surface area contributed by atoms with Crippen LogP contribution in [0.1, 0.15) is 0 Å². The fourth-order valence-corrected chi connectivity index (χ4v) is 0.717. The van der Waals surface area contributed by atoms with E-state index in [2.05, 4.69) is 15.0 Å². The van der Waals surface area contributed by atoms with Gasteiger partial charge in [0, 0.05) is 7.11 Å². The number of nitrogens with zero attached hydrogens (tertiary/aromatic N) is 1. The van der Waals surface area contributed by atoms with Crippen molar-refractivity contribution < 1.29 is 14.3 Å². The van der Waals surface area contributed by atoms with Crippen molar-refractivity contribution in [1.29, 1.82) is 0 Å². The molecule has 0 aromatic heterocycles. The Morgan fingerprint density at radius 2 is 2.27 bits per heavy atom. The molecule has 0 bridgehead atoms. The SMILES string of the molecule is COC1C(=O)N=C(N)NC1=O. The molecule has 60 valence electrons. The molecule has 2 amide bonds. The van der Waals surface area contributed by atoms with Gasteiger partial charge in [0.1, 0.15) is 0 Å². The summed E-state index contributed by atoms with van der Waals surface area (Å²) in [5.74, 6) is -1.44. The summed E-state index contributed by atoms with van der Waals surface area (Å²) in [6.07, 6.45) is -1.15. The highest BCUT2D eigenvalue weighted by molar-refractivity contribution is 6.16. The van der Waals surface area contributed by atoms with Gasteiger partial charge < -0.3 is 10.5 Å². The third kappa shape index (κ3) is 1.35. The minimum Gasteiger partial charge on any atom is -0.369 e. The molecule has 11 heavy (non-hydrogen) atoms. The third-order valence-electron chi connectivity index (χ3n) is 1.18. The van der Waals surface area contributed by atoms with Crippen LogP contribution in [0.5, 0.6) is 0 Å². The molecule has 0 aromatic rings. The molecule has 3 N–H and O–H groups in total. The van der Waals surface area contributed by atoms with E-state index in [1.807, 2.05) is 0 Å². The predicted octanol–water partition coefficient (Wildman–Crippen LogP) is -2.03. The van der Waals surface area contributed by atoms with E-state index in [-0.39, 0.29) is 5.96 Å². The predicted molar refractivity (Wildman–Crippen MR) is 35.6 cm³/mol. The number of hydrogen-bond acceptors (Lipinski definition) is 4. The van der Waals surface area contributed by atoms with Crippen LogP contribution in [0.25, 0.3) is 0 Å². The van der Waals surface area contributed by atoms with E-state index in [0.717, 1.165) is 0 Å². The van der Waals surface area contributed by atoms with Crippen molar-refractivity contribution in [3.63, 3.8) is 0 Å². The van der Waals surface area contributed by atoms with E-state index in [1.165, 1.54) is 7.11 Å². The first-order valence-electron chi connectivity index (χ1n) is 2.87. The molecule has 0 radical (unpaired) electrons. The molecule has 0 spiro atoms. The third-order valence-corrected chi connectivity index (χ3v) is 1.18. The molecular weight excluding hydrogens is 150 g/mol. The van der Waals surface area contributed by atoms with E-state index in [9.17, 15) is 9.59 Å². The first-order chi connectivity index (χ1) is 5.15. The number of hydrogen-bond donors (Lipinski definition) is 2. The molecule has 1 aliphatic heterocycles. The van der Waals surface area contributed by atoms with Crippen LogP contribution in [0.2, 0.25) is 0 Å². The first-order valence-corrected chi connectivity index (χ1v) is 2.87. The second-order valence-electron chi connectivity index (χ2n) is 1.94. The average molecular weight is 157 g/mol. The molecule has 0 saturated carbocycles. The number of guanidine groups is 1. The zero-order valence-corrected chi connectivity index (χ0v) is 5.83. The van der Waals surface area contributed by atoms with Gasteiger partial charge in [0.25, 0.3) is 11.8 Å². The smallest absolute Gasteiger partial charge is 0.287 e. The van der Waals surface area contributed by atoms with Crippen LogP contribution in [-0.4, -0.2) is 31.0 Å². The number of nitrogens with one attached hydrogen (secondary N) is 1. The summed E-state index contributed by atoms with van der Waals surface area (Å²) in [6, 6.07) is 0. The number of rotatable bonds is 1. The lowest BCUT2D eigenvalue weighted by molar-refractivity contribution is -0.141. The van der Waals surface area contributed by atoms with Crippen LogP contribution in [0.4, 0.5) is 0 Å². The largest absolute Gasteiger partial charge is 0.369 e. The van der Waals surface area contributed by atoms with Gasteiger partial charge in [0.05, 0.1) is 0 Å². The summed E-state index contributed by atoms with van der Waals surface area (Å²) in [7, 11) is 1.25. The van der Waals surface area contributed by atoms with Gasteiger partial charge in [-0.3, -0.25) is 14.9 Å². The number of ether oxygens (including phenoxy) is 1. The Balaban J connectivity index is 2.86. The van der Waals surface area contributed by atoms with E-state index in [0.29, 0.717) is 0 Å². The van der Waals surface area contributed by atoms with Gasteiger partial charge >= 0.3 is 0 Å². The fourth-order valence-electron chi connectivity index (χ4n) is 0.717. The van der Waals surface area contributed by atoms with Gasteiger partial charge in [-0.05, 0) is 0 Å². The summed E-state index contributed by atoms with van der Waals surface area (Å²) in [4.78, 5) is 24.9. The van der Waals surface area contributed by atoms with Crippen molar-refractivity contribution in [2.75, 3.05) is 7.11 Å². The summed E-state index contributed by atoms with van der Waals surface area (Å²) in [5, 5.41) is 2.15. The number of carbonyl (C=O) groups excluding carboxylic acids is 2. The molecule has 0 saturated heterocycles. The van der Waals surface area contributed by atoms with Crippen molar-refractivity contribution in [2.45, 2.75) is 6.10 Å². The van der Waals surface area contributed by atoms with Crippen molar-refractivity contribution in [3.8, 4) is 0 Å². The number of methoxy groups -OCH3 is 1. The van der Waals surface area contributed by atoms with Crippen LogP contribution < -0.4 is 11.1 Å². The molecule has 1 unspecified atom stereocenters. The fraction of sp³-hybridized carbons (Fsp3) is 0.400. The molecule has 1 heterocycles. The lowest BCUT2D eigenvalue weighted by atomic mass is 10.3. The molecular formula is C5H7N3O3. The summed E-state index contributed by atoms with van der Waals surface area (Å²) in [6.45, 7) is 0. The molecule has 0 aliphatic carbocycles. The van der Waals surface area contributed by atoms with Crippen LogP contribution >= 0.6 is 0 Å². The Labute approximate surface area is 62.4 Å². The maximum atomic E-state index is 10.8. The van der Waals surface area contributed by atoms with Crippen LogP contribution in [0.3, 0.4) is 0 Å². The molecule has 6 heteroatoms. The molecule has 0 aromatic carbocycles. The Morgan fingerprint density at radius 1 is 1.64 bits per heavy atom. The number of aliphatic imine (C=N–C) groups is 1. The lowest BCUT2D eigenvalue weighted by Crippen LogP contribution is -2.51. The molecule has 6 nitrogen and oxygen atoms in total. The number of nitrogens with two attached hydrogens (primary N) is 1. The summed E-state index contributed by atoms with van der Waals surface area (Å²) >= 11 is 0. The molecule has 1 atom stereocenters. The van der Waals surface area contributed by atoms with Crippen molar-refractivity contribution in [3.05, 3.63) is 0 Å². The minimum absolute atomic E-state index is 0.187.